The van der Waals surface area contributed by atoms with Crippen LogP contribution < -0.4 is 4.74 Å². The third-order valence-electron chi connectivity index (χ3n) is 10.9. The molecule has 0 saturated carbocycles. The first-order chi connectivity index (χ1) is 23.8. The van der Waals surface area contributed by atoms with Crippen molar-refractivity contribution in [2.75, 3.05) is 0 Å². The van der Waals surface area contributed by atoms with Gasteiger partial charge < -0.3 is 4.74 Å². The Bertz CT molecular complexity index is 2740. The second kappa shape index (κ2) is 9.44. The van der Waals surface area contributed by atoms with E-state index in [-0.39, 0.29) is 0 Å². The Kier molecular flexibility index (Phi) is 5.10. The average Bonchev–Trinajstić information content (AvgIpc) is 3.45. The Hall–Kier alpha value is -6.18. The van der Waals surface area contributed by atoms with Gasteiger partial charge in [-0.25, -0.2) is 0 Å². The van der Waals surface area contributed by atoms with Crippen LogP contribution in [-0.4, -0.2) is 0 Å². The van der Waals surface area contributed by atoms with Crippen LogP contribution in [0.4, 0.5) is 0 Å². The summed E-state index contributed by atoms with van der Waals surface area (Å²) < 4.78 is 6.62. The molecule has 1 aliphatic carbocycles. The number of ether oxygens (including phenoxy) is 1. The van der Waals surface area contributed by atoms with E-state index in [9.17, 15) is 0 Å². The van der Waals surface area contributed by atoms with Crippen molar-refractivity contribution in [3.8, 4) is 33.8 Å². The lowest BCUT2D eigenvalue weighted by Crippen LogP contribution is -2.32. The van der Waals surface area contributed by atoms with E-state index in [1.807, 2.05) is 0 Å². The first-order valence-electron chi connectivity index (χ1n) is 16.7. The second-order valence-corrected chi connectivity index (χ2v) is 13.1. The molecule has 11 rings (SSSR count). The number of hydrogen-bond donors (Lipinski definition) is 0. The molecule has 9 aromatic rings. The lowest BCUT2D eigenvalue weighted by Gasteiger charge is -2.39. The fourth-order valence-electron chi connectivity index (χ4n) is 9.02. The zero-order valence-corrected chi connectivity index (χ0v) is 26.1. The number of para-hydroxylation sites is 2. The van der Waals surface area contributed by atoms with Crippen LogP contribution in [0.1, 0.15) is 22.3 Å². The molecule has 0 aromatic heterocycles. The standard InChI is InChI=1S/C47H28O/c1-2-15-32-30(13-1)31-14-3-4-16-33(31)39-27-29(25-26-35(32)39)38-28-43-46(36-18-6-5-17-34(36)38)37-19-7-8-20-40(37)47(43)41-21-9-11-23-44(41)48-45-24-12-10-22-42(45)47/h1-28H. The van der Waals surface area contributed by atoms with Gasteiger partial charge in [-0.2, -0.15) is 0 Å². The summed E-state index contributed by atoms with van der Waals surface area (Å²) in [7, 11) is 0. The summed E-state index contributed by atoms with van der Waals surface area (Å²) >= 11 is 0. The smallest absolute Gasteiger partial charge is 0.132 e. The van der Waals surface area contributed by atoms with Crippen molar-refractivity contribution >= 4 is 43.1 Å². The van der Waals surface area contributed by atoms with Crippen molar-refractivity contribution in [3.63, 3.8) is 0 Å². The van der Waals surface area contributed by atoms with Gasteiger partial charge in [-0.3, -0.25) is 0 Å². The monoisotopic (exact) mass is 608 g/mol. The van der Waals surface area contributed by atoms with Crippen LogP contribution in [0.2, 0.25) is 0 Å². The van der Waals surface area contributed by atoms with Crippen molar-refractivity contribution in [2.45, 2.75) is 5.41 Å². The van der Waals surface area contributed by atoms with Crippen molar-refractivity contribution in [2.24, 2.45) is 0 Å². The van der Waals surface area contributed by atoms with Crippen LogP contribution in [0.25, 0.3) is 65.3 Å². The van der Waals surface area contributed by atoms with Crippen LogP contribution in [0.3, 0.4) is 0 Å². The molecule has 2 aliphatic rings. The molecule has 0 fully saturated rings. The van der Waals surface area contributed by atoms with Gasteiger partial charge in [-0.05, 0) is 101 Å². The molecule has 1 aliphatic heterocycles. The first-order valence-corrected chi connectivity index (χ1v) is 16.7. The predicted octanol–water partition coefficient (Wildman–Crippen LogP) is 12.4. The minimum atomic E-state index is -0.518. The van der Waals surface area contributed by atoms with E-state index in [4.69, 9.17) is 4.74 Å². The minimum Gasteiger partial charge on any atom is -0.457 e. The van der Waals surface area contributed by atoms with E-state index < -0.39 is 5.41 Å². The van der Waals surface area contributed by atoms with Crippen molar-refractivity contribution in [3.05, 3.63) is 192 Å². The van der Waals surface area contributed by atoms with E-state index in [0.29, 0.717) is 0 Å². The van der Waals surface area contributed by atoms with Gasteiger partial charge in [0.2, 0.25) is 0 Å². The van der Waals surface area contributed by atoms with Crippen LogP contribution in [-0.2, 0) is 5.41 Å². The predicted molar refractivity (Wildman–Crippen MR) is 199 cm³/mol. The molecule has 9 aromatic carbocycles. The van der Waals surface area contributed by atoms with Crippen molar-refractivity contribution in [1.29, 1.82) is 0 Å². The van der Waals surface area contributed by atoms with Gasteiger partial charge in [0.1, 0.15) is 11.5 Å². The van der Waals surface area contributed by atoms with E-state index >= 15 is 0 Å². The molecule has 1 spiro atoms. The van der Waals surface area contributed by atoms with Crippen molar-refractivity contribution in [1.82, 2.24) is 0 Å². The molecule has 0 radical (unpaired) electrons. The minimum absolute atomic E-state index is 0.518. The highest BCUT2D eigenvalue weighted by molar-refractivity contribution is 6.26. The molecule has 0 unspecified atom stereocenters. The molecule has 1 nitrogen and oxygen atoms in total. The summed E-state index contributed by atoms with van der Waals surface area (Å²) in [5.74, 6) is 1.83. The highest BCUT2D eigenvalue weighted by Gasteiger charge is 2.51. The normalized spacial score (nSPS) is 13.8. The maximum Gasteiger partial charge on any atom is 0.132 e. The van der Waals surface area contributed by atoms with Crippen LogP contribution in [0.5, 0.6) is 11.5 Å². The summed E-state index contributed by atoms with van der Waals surface area (Å²) in [6.07, 6.45) is 0. The van der Waals surface area contributed by atoms with E-state index in [1.54, 1.807) is 0 Å². The molecule has 1 heterocycles. The lowest BCUT2D eigenvalue weighted by molar-refractivity contribution is 0.436. The van der Waals surface area contributed by atoms with Gasteiger partial charge in [0.25, 0.3) is 0 Å². The second-order valence-electron chi connectivity index (χ2n) is 13.1. The SMILES string of the molecule is c1ccc2c(c1)Oc1ccccc1C21c2ccccc2-c2c1cc(-c1ccc3c4ccccc4c4ccccc4c3c1)c1ccccc21. The van der Waals surface area contributed by atoms with Gasteiger partial charge in [-0.15, -0.1) is 0 Å². The van der Waals surface area contributed by atoms with Gasteiger partial charge >= 0.3 is 0 Å². The molecule has 48 heavy (non-hydrogen) atoms. The molecule has 0 bridgehead atoms. The summed E-state index contributed by atoms with van der Waals surface area (Å²) in [5, 5.41) is 10.3. The van der Waals surface area contributed by atoms with Crippen LogP contribution in [0.15, 0.2) is 170 Å². The maximum atomic E-state index is 6.62. The van der Waals surface area contributed by atoms with E-state index in [1.165, 1.54) is 87.6 Å². The summed E-state index contributed by atoms with van der Waals surface area (Å²) in [6, 6.07) is 62.5. The van der Waals surface area contributed by atoms with Gasteiger partial charge in [0.05, 0.1) is 5.41 Å². The molecule has 0 saturated heterocycles. The van der Waals surface area contributed by atoms with Gasteiger partial charge in [0, 0.05) is 11.1 Å². The Balaban J connectivity index is 1.29. The third-order valence-corrected chi connectivity index (χ3v) is 10.9. The van der Waals surface area contributed by atoms with E-state index in [0.717, 1.165) is 11.5 Å². The number of benzene rings is 9. The molecular formula is C47H28O. The lowest BCUT2D eigenvalue weighted by atomic mass is 9.65. The molecule has 1 heteroatoms. The quantitative estimate of drug-likeness (QED) is 0.168. The van der Waals surface area contributed by atoms with E-state index in [2.05, 4.69) is 170 Å². The molecule has 0 amide bonds. The number of hydrogen-bond acceptors (Lipinski definition) is 1. The Morgan fingerprint density at radius 2 is 0.792 bits per heavy atom. The van der Waals surface area contributed by atoms with Gasteiger partial charge in [-0.1, -0.05) is 146 Å². The fourth-order valence-corrected chi connectivity index (χ4v) is 9.02. The molecule has 0 atom stereocenters. The first kappa shape index (κ1) is 25.9. The number of rotatable bonds is 1. The maximum absolute atomic E-state index is 6.62. The zero-order chi connectivity index (χ0) is 31.4. The Morgan fingerprint density at radius 1 is 0.312 bits per heavy atom. The highest BCUT2D eigenvalue weighted by atomic mass is 16.5. The third kappa shape index (κ3) is 3.21. The summed E-state index contributed by atoms with van der Waals surface area (Å²) in [5.41, 5.74) is 9.55. The van der Waals surface area contributed by atoms with Crippen LogP contribution in [0, 0.1) is 0 Å². The molecule has 222 valence electrons. The molecular weight excluding hydrogens is 581 g/mol. The summed E-state index contributed by atoms with van der Waals surface area (Å²) in [4.78, 5) is 0. The largest absolute Gasteiger partial charge is 0.457 e. The molecule has 0 N–H and O–H groups in total. The zero-order valence-electron chi connectivity index (χ0n) is 26.1. The number of fused-ring (bicyclic) bond motifs is 17. The van der Waals surface area contributed by atoms with Gasteiger partial charge in [0.15, 0.2) is 0 Å². The Labute approximate surface area is 278 Å². The Morgan fingerprint density at radius 3 is 1.44 bits per heavy atom. The highest BCUT2D eigenvalue weighted by Crippen LogP contribution is 2.63. The average molecular weight is 609 g/mol. The van der Waals surface area contributed by atoms with Crippen LogP contribution >= 0.6 is 0 Å². The fraction of sp³-hybridized carbons (Fsp3) is 0.0213. The topological polar surface area (TPSA) is 9.23 Å². The van der Waals surface area contributed by atoms with Crippen molar-refractivity contribution < 1.29 is 4.74 Å². The summed E-state index contributed by atoms with van der Waals surface area (Å²) in [6.45, 7) is 0.